The minimum atomic E-state index is -0.0894. The van der Waals surface area contributed by atoms with Crippen LogP contribution in [0.2, 0.25) is 0 Å². The van der Waals surface area contributed by atoms with Crippen molar-refractivity contribution < 1.29 is 9.47 Å². The summed E-state index contributed by atoms with van der Waals surface area (Å²) in [5.41, 5.74) is 1.17. The van der Waals surface area contributed by atoms with Crippen molar-refractivity contribution in [3.05, 3.63) is 56.7 Å². The number of thioether (sulfide) groups is 1. The second-order valence-electron chi connectivity index (χ2n) is 8.67. The SMILES string of the molecule is COc1ccc(OCc2nnc(S[C@H](C)c3nc4sc5c(c4c(=O)[nH]3)CC[C@H](C)C5)n2C)cc1. The number of methoxy groups -OCH3 is 1. The van der Waals surface area contributed by atoms with E-state index in [0.717, 1.165) is 46.1 Å². The van der Waals surface area contributed by atoms with Crippen molar-refractivity contribution in [1.82, 2.24) is 24.7 Å². The minimum absolute atomic E-state index is 0.0361. The molecule has 3 aromatic heterocycles. The number of fused-ring (bicyclic) bond motifs is 3. The van der Waals surface area contributed by atoms with E-state index in [-0.39, 0.29) is 10.8 Å². The van der Waals surface area contributed by atoms with Gasteiger partial charge in [0.05, 0.1) is 17.7 Å². The van der Waals surface area contributed by atoms with Crippen LogP contribution in [0.1, 0.15) is 47.6 Å². The molecule has 5 rings (SSSR count). The van der Waals surface area contributed by atoms with E-state index in [1.165, 1.54) is 22.2 Å². The number of aromatic nitrogens is 5. The van der Waals surface area contributed by atoms with Crippen LogP contribution in [0.3, 0.4) is 0 Å². The van der Waals surface area contributed by atoms with Gasteiger partial charge in [-0.2, -0.15) is 0 Å². The highest BCUT2D eigenvalue weighted by Crippen LogP contribution is 2.37. The lowest BCUT2D eigenvalue weighted by atomic mass is 9.89. The summed E-state index contributed by atoms with van der Waals surface area (Å²) in [6.45, 7) is 4.59. The first-order chi connectivity index (χ1) is 16.4. The first-order valence-electron chi connectivity index (χ1n) is 11.3. The number of nitrogens with zero attached hydrogens (tertiary/aromatic N) is 4. The third-order valence-electron chi connectivity index (χ3n) is 6.20. The Kier molecular flexibility index (Phi) is 6.35. The summed E-state index contributed by atoms with van der Waals surface area (Å²) in [6, 6.07) is 7.41. The predicted octanol–water partition coefficient (Wildman–Crippen LogP) is 4.68. The summed E-state index contributed by atoms with van der Waals surface area (Å²) in [6.07, 6.45) is 3.13. The van der Waals surface area contributed by atoms with Gasteiger partial charge in [-0.05, 0) is 61.9 Å². The van der Waals surface area contributed by atoms with Crippen molar-refractivity contribution >= 4 is 33.3 Å². The van der Waals surface area contributed by atoms with Gasteiger partial charge in [0, 0.05) is 11.9 Å². The van der Waals surface area contributed by atoms with E-state index < -0.39 is 0 Å². The third kappa shape index (κ3) is 4.44. The maximum absolute atomic E-state index is 12.9. The molecular weight excluding hydrogens is 470 g/mol. The number of rotatable bonds is 7. The molecule has 34 heavy (non-hydrogen) atoms. The maximum Gasteiger partial charge on any atom is 0.259 e. The molecule has 0 bridgehead atoms. The fourth-order valence-corrected chi connectivity index (χ4v) is 6.45. The molecule has 1 aromatic carbocycles. The first-order valence-corrected chi connectivity index (χ1v) is 13.0. The van der Waals surface area contributed by atoms with Crippen LogP contribution in [-0.2, 0) is 26.5 Å². The van der Waals surface area contributed by atoms with Crippen LogP contribution < -0.4 is 15.0 Å². The van der Waals surface area contributed by atoms with Gasteiger partial charge < -0.3 is 19.0 Å². The molecule has 4 aromatic rings. The number of benzene rings is 1. The van der Waals surface area contributed by atoms with E-state index in [0.29, 0.717) is 24.2 Å². The molecule has 0 amide bonds. The highest BCUT2D eigenvalue weighted by atomic mass is 32.2. The summed E-state index contributed by atoms with van der Waals surface area (Å²) in [5, 5.41) is 10.0. The van der Waals surface area contributed by atoms with E-state index in [9.17, 15) is 4.79 Å². The van der Waals surface area contributed by atoms with Gasteiger partial charge in [-0.15, -0.1) is 21.5 Å². The Hall–Kier alpha value is -2.85. The molecule has 0 saturated carbocycles. The zero-order chi connectivity index (χ0) is 23.8. The Labute approximate surface area is 205 Å². The lowest BCUT2D eigenvalue weighted by Gasteiger charge is -2.17. The van der Waals surface area contributed by atoms with E-state index in [1.807, 2.05) is 42.8 Å². The molecule has 10 heteroatoms. The number of aryl methyl sites for hydroxylation is 1. The first kappa shape index (κ1) is 22.9. The van der Waals surface area contributed by atoms with Crippen molar-refractivity contribution in [3.63, 3.8) is 0 Å². The minimum Gasteiger partial charge on any atom is -0.497 e. The van der Waals surface area contributed by atoms with Gasteiger partial charge in [-0.3, -0.25) is 4.79 Å². The molecule has 0 spiro atoms. The number of hydrogen-bond donors (Lipinski definition) is 1. The van der Waals surface area contributed by atoms with Gasteiger partial charge in [0.25, 0.3) is 5.56 Å². The summed E-state index contributed by atoms with van der Waals surface area (Å²) in [5.74, 6) is 3.54. The third-order valence-corrected chi connectivity index (χ3v) is 8.49. The molecule has 2 atom stereocenters. The van der Waals surface area contributed by atoms with Crippen LogP contribution in [0.4, 0.5) is 0 Å². The van der Waals surface area contributed by atoms with Gasteiger partial charge in [0.1, 0.15) is 28.8 Å². The lowest BCUT2D eigenvalue weighted by Crippen LogP contribution is -2.15. The molecule has 3 heterocycles. The molecule has 1 aliphatic rings. The Bertz CT molecular complexity index is 1380. The van der Waals surface area contributed by atoms with Crippen molar-refractivity contribution in [2.45, 2.75) is 50.1 Å². The molecule has 8 nitrogen and oxygen atoms in total. The van der Waals surface area contributed by atoms with E-state index in [2.05, 4.69) is 22.1 Å². The molecule has 0 saturated heterocycles. The smallest absolute Gasteiger partial charge is 0.259 e. The molecule has 0 unspecified atom stereocenters. The molecule has 1 N–H and O–H groups in total. The monoisotopic (exact) mass is 497 g/mol. The van der Waals surface area contributed by atoms with Crippen LogP contribution in [0.15, 0.2) is 34.2 Å². The van der Waals surface area contributed by atoms with Gasteiger partial charge in [-0.25, -0.2) is 4.98 Å². The Balaban J connectivity index is 1.31. The van der Waals surface area contributed by atoms with Gasteiger partial charge in [0.2, 0.25) is 0 Å². The zero-order valence-corrected chi connectivity index (χ0v) is 21.3. The topological polar surface area (TPSA) is 94.9 Å². The van der Waals surface area contributed by atoms with Crippen LogP contribution in [-0.4, -0.2) is 31.8 Å². The summed E-state index contributed by atoms with van der Waals surface area (Å²) in [7, 11) is 3.54. The average Bonchev–Trinajstić information content (AvgIpc) is 3.37. The number of hydrogen-bond acceptors (Lipinski definition) is 8. The van der Waals surface area contributed by atoms with Crippen molar-refractivity contribution in [1.29, 1.82) is 0 Å². The predicted molar refractivity (Wildman–Crippen MR) is 134 cm³/mol. The maximum atomic E-state index is 12.9. The van der Waals surface area contributed by atoms with E-state index in [1.54, 1.807) is 18.4 Å². The molecule has 1 aliphatic carbocycles. The van der Waals surface area contributed by atoms with Crippen LogP contribution in [0.5, 0.6) is 11.5 Å². The number of thiophene rings is 1. The molecule has 0 fully saturated rings. The van der Waals surface area contributed by atoms with Crippen LogP contribution in [0.25, 0.3) is 10.2 Å². The molecular formula is C24H27N5O3S2. The van der Waals surface area contributed by atoms with Gasteiger partial charge in [-0.1, -0.05) is 18.7 Å². The zero-order valence-electron chi connectivity index (χ0n) is 19.6. The van der Waals surface area contributed by atoms with E-state index >= 15 is 0 Å². The van der Waals surface area contributed by atoms with Crippen molar-refractivity contribution in [2.24, 2.45) is 13.0 Å². The summed E-state index contributed by atoms with van der Waals surface area (Å²) in [4.78, 5) is 23.0. The van der Waals surface area contributed by atoms with Crippen molar-refractivity contribution in [2.75, 3.05) is 7.11 Å². The number of aromatic amines is 1. The fraction of sp³-hybridized carbons (Fsp3) is 0.417. The molecule has 0 aliphatic heterocycles. The highest BCUT2D eigenvalue weighted by molar-refractivity contribution is 7.99. The average molecular weight is 498 g/mol. The quantitative estimate of drug-likeness (QED) is 0.371. The number of H-pyrrole nitrogens is 1. The Morgan fingerprint density at radius 2 is 2.03 bits per heavy atom. The largest absolute Gasteiger partial charge is 0.497 e. The molecule has 0 radical (unpaired) electrons. The standard InChI is InChI=1S/C24H27N5O3S2/c1-13-5-10-17-18(11-13)34-23-20(17)22(30)25-21(26-23)14(2)33-24-28-27-19(29(24)3)12-32-16-8-6-15(31-4)7-9-16/h6-9,13-14H,5,10-12H2,1-4H3,(H,25,26,30)/t13-,14+/m0/s1. The summed E-state index contributed by atoms with van der Waals surface area (Å²) < 4.78 is 12.9. The second-order valence-corrected chi connectivity index (χ2v) is 11.1. The van der Waals surface area contributed by atoms with Gasteiger partial charge >= 0.3 is 0 Å². The number of ether oxygens (including phenoxy) is 2. The second kappa shape index (κ2) is 9.42. The Morgan fingerprint density at radius 3 is 2.79 bits per heavy atom. The van der Waals surface area contributed by atoms with Crippen LogP contribution in [0, 0.1) is 5.92 Å². The lowest BCUT2D eigenvalue weighted by molar-refractivity contribution is 0.290. The normalized spacial score (nSPS) is 16.4. The fourth-order valence-electron chi connectivity index (χ4n) is 4.17. The summed E-state index contributed by atoms with van der Waals surface area (Å²) >= 11 is 3.18. The van der Waals surface area contributed by atoms with Gasteiger partial charge in [0.15, 0.2) is 11.0 Å². The van der Waals surface area contributed by atoms with Crippen molar-refractivity contribution in [3.8, 4) is 11.5 Å². The van der Waals surface area contributed by atoms with E-state index in [4.69, 9.17) is 14.5 Å². The molecule has 178 valence electrons. The number of nitrogens with one attached hydrogen (secondary N) is 1. The Morgan fingerprint density at radius 1 is 1.26 bits per heavy atom. The van der Waals surface area contributed by atoms with Crippen LogP contribution >= 0.6 is 23.1 Å². The highest BCUT2D eigenvalue weighted by Gasteiger charge is 2.24.